The number of nitrogen functional groups attached to an aromatic ring is 1. The monoisotopic (exact) mass is 244 g/mol. The van der Waals surface area contributed by atoms with Crippen LogP contribution in [-0.2, 0) is 6.42 Å². The Morgan fingerprint density at radius 3 is 3.00 bits per heavy atom. The summed E-state index contributed by atoms with van der Waals surface area (Å²) in [5.74, 6) is -0.106. The van der Waals surface area contributed by atoms with Gasteiger partial charge in [0.1, 0.15) is 0 Å². The fourth-order valence-electron chi connectivity index (χ4n) is 1.74. The maximum absolute atomic E-state index is 11.8. The van der Waals surface area contributed by atoms with Crippen LogP contribution in [0, 0.1) is 6.92 Å². The van der Waals surface area contributed by atoms with Crippen LogP contribution in [-0.4, -0.2) is 22.6 Å². The van der Waals surface area contributed by atoms with Gasteiger partial charge >= 0.3 is 0 Å². The van der Waals surface area contributed by atoms with E-state index in [0.29, 0.717) is 12.1 Å². The highest BCUT2D eigenvalue weighted by molar-refractivity contribution is 5.94. The van der Waals surface area contributed by atoms with Gasteiger partial charge in [0.25, 0.3) is 5.91 Å². The first-order chi connectivity index (χ1) is 8.66. The summed E-state index contributed by atoms with van der Waals surface area (Å²) in [5.41, 5.74) is 8.90. The molecule has 0 saturated carbocycles. The van der Waals surface area contributed by atoms with Crippen molar-refractivity contribution in [1.29, 1.82) is 0 Å². The van der Waals surface area contributed by atoms with E-state index in [1.165, 1.54) is 6.20 Å². The molecule has 94 valence electrons. The number of aromatic nitrogens is 2. The van der Waals surface area contributed by atoms with Crippen LogP contribution in [0.5, 0.6) is 0 Å². The number of rotatable bonds is 4. The van der Waals surface area contributed by atoms with Crippen LogP contribution < -0.4 is 11.1 Å². The third-order valence-corrected chi connectivity index (χ3v) is 2.72. The molecule has 0 saturated heterocycles. The van der Waals surface area contributed by atoms with Crippen LogP contribution in [0.1, 0.15) is 21.6 Å². The molecule has 1 aromatic heterocycles. The topological polar surface area (TPSA) is 83.8 Å². The van der Waals surface area contributed by atoms with Crippen molar-refractivity contribution in [3.63, 3.8) is 0 Å². The van der Waals surface area contributed by atoms with Crippen molar-refractivity contribution in [3.8, 4) is 0 Å². The standard InChI is InChI=1S/C13H16N4O/c1-9-12(8-16-17-9)13(18)15-6-5-10-3-2-4-11(14)7-10/h2-4,7-8H,5-6,14H2,1H3,(H,15,18)(H,16,17). The summed E-state index contributed by atoms with van der Waals surface area (Å²) in [7, 11) is 0. The molecule has 1 heterocycles. The smallest absolute Gasteiger partial charge is 0.254 e. The predicted octanol–water partition coefficient (Wildman–Crippen LogP) is 1.27. The average molecular weight is 244 g/mol. The number of carbonyl (C=O) groups excluding carboxylic acids is 1. The second-order valence-electron chi connectivity index (χ2n) is 4.16. The minimum Gasteiger partial charge on any atom is -0.399 e. The fraction of sp³-hybridized carbons (Fsp3) is 0.231. The molecule has 18 heavy (non-hydrogen) atoms. The van der Waals surface area contributed by atoms with Gasteiger partial charge in [-0.15, -0.1) is 0 Å². The van der Waals surface area contributed by atoms with Crippen molar-refractivity contribution in [3.05, 3.63) is 47.3 Å². The minimum atomic E-state index is -0.106. The van der Waals surface area contributed by atoms with Crippen molar-refractivity contribution in [1.82, 2.24) is 15.5 Å². The predicted molar refractivity (Wildman–Crippen MR) is 70.2 cm³/mol. The lowest BCUT2D eigenvalue weighted by Crippen LogP contribution is -2.25. The van der Waals surface area contributed by atoms with Gasteiger partial charge in [-0.05, 0) is 31.0 Å². The molecule has 2 aromatic rings. The van der Waals surface area contributed by atoms with Gasteiger partial charge in [-0.2, -0.15) is 5.10 Å². The van der Waals surface area contributed by atoms with Gasteiger partial charge in [0.05, 0.1) is 11.8 Å². The summed E-state index contributed by atoms with van der Waals surface area (Å²) in [6.07, 6.45) is 2.29. The molecule has 5 nitrogen and oxygen atoms in total. The van der Waals surface area contributed by atoms with Crippen molar-refractivity contribution < 1.29 is 4.79 Å². The summed E-state index contributed by atoms with van der Waals surface area (Å²) in [4.78, 5) is 11.8. The Bertz CT molecular complexity index is 547. The minimum absolute atomic E-state index is 0.106. The summed E-state index contributed by atoms with van der Waals surface area (Å²) in [6, 6.07) is 7.66. The van der Waals surface area contributed by atoms with Crippen LogP contribution in [0.15, 0.2) is 30.5 Å². The maximum Gasteiger partial charge on any atom is 0.254 e. The second kappa shape index (κ2) is 5.35. The first-order valence-corrected chi connectivity index (χ1v) is 5.79. The largest absolute Gasteiger partial charge is 0.399 e. The number of H-pyrrole nitrogens is 1. The van der Waals surface area contributed by atoms with Crippen molar-refractivity contribution in [2.75, 3.05) is 12.3 Å². The Hall–Kier alpha value is -2.30. The summed E-state index contributed by atoms with van der Waals surface area (Å²) in [6.45, 7) is 2.40. The SMILES string of the molecule is Cc1[nH]ncc1C(=O)NCCc1cccc(N)c1. The zero-order chi connectivity index (χ0) is 13.0. The van der Waals surface area contributed by atoms with Gasteiger partial charge in [0.15, 0.2) is 0 Å². The molecule has 0 bridgehead atoms. The highest BCUT2D eigenvalue weighted by atomic mass is 16.1. The Balaban J connectivity index is 1.86. The van der Waals surface area contributed by atoms with Crippen LogP contribution in [0.2, 0.25) is 0 Å². The lowest BCUT2D eigenvalue weighted by atomic mass is 10.1. The summed E-state index contributed by atoms with van der Waals surface area (Å²) >= 11 is 0. The number of aryl methyl sites for hydroxylation is 1. The number of amides is 1. The molecule has 2 rings (SSSR count). The second-order valence-corrected chi connectivity index (χ2v) is 4.16. The Morgan fingerprint density at radius 2 is 2.33 bits per heavy atom. The number of carbonyl (C=O) groups is 1. The van der Waals surface area contributed by atoms with Crippen LogP contribution in [0.4, 0.5) is 5.69 Å². The Kier molecular flexibility index (Phi) is 3.62. The quantitative estimate of drug-likeness (QED) is 0.708. The van der Waals surface area contributed by atoms with E-state index in [-0.39, 0.29) is 5.91 Å². The van der Waals surface area contributed by atoms with Gasteiger partial charge < -0.3 is 11.1 Å². The van der Waals surface area contributed by atoms with Crippen LogP contribution >= 0.6 is 0 Å². The molecule has 0 spiro atoms. The normalized spacial score (nSPS) is 10.3. The number of nitrogens with one attached hydrogen (secondary N) is 2. The number of benzene rings is 1. The molecule has 0 radical (unpaired) electrons. The number of nitrogens with zero attached hydrogens (tertiary/aromatic N) is 1. The molecule has 1 aromatic carbocycles. The van der Waals surface area contributed by atoms with E-state index in [4.69, 9.17) is 5.73 Å². The number of anilines is 1. The van der Waals surface area contributed by atoms with Gasteiger partial charge in [0, 0.05) is 17.9 Å². The maximum atomic E-state index is 11.8. The Labute approximate surface area is 105 Å². The average Bonchev–Trinajstić information content (AvgIpc) is 2.75. The van der Waals surface area contributed by atoms with E-state index in [0.717, 1.165) is 23.4 Å². The third-order valence-electron chi connectivity index (χ3n) is 2.72. The zero-order valence-corrected chi connectivity index (χ0v) is 10.2. The van der Waals surface area contributed by atoms with Crippen molar-refractivity contribution in [2.24, 2.45) is 0 Å². The van der Waals surface area contributed by atoms with Gasteiger partial charge in [-0.25, -0.2) is 0 Å². The lowest BCUT2D eigenvalue weighted by molar-refractivity contribution is 0.0953. The molecule has 0 atom stereocenters. The van der Waals surface area contributed by atoms with Crippen LogP contribution in [0.3, 0.4) is 0 Å². The van der Waals surface area contributed by atoms with E-state index < -0.39 is 0 Å². The number of hydrogen-bond donors (Lipinski definition) is 3. The van der Waals surface area contributed by atoms with E-state index >= 15 is 0 Å². The van der Waals surface area contributed by atoms with Gasteiger partial charge in [-0.3, -0.25) is 9.89 Å². The van der Waals surface area contributed by atoms with Gasteiger partial charge in [-0.1, -0.05) is 12.1 Å². The van der Waals surface area contributed by atoms with Crippen molar-refractivity contribution >= 4 is 11.6 Å². The molecule has 0 aliphatic heterocycles. The molecule has 4 N–H and O–H groups in total. The number of hydrogen-bond acceptors (Lipinski definition) is 3. The van der Waals surface area contributed by atoms with Gasteiger partial charge in [0.2, 0.25) is 0 Å². The fourth-order valence-corrected chi connectivity index (χ4v) is 1.74. The Morgan fingerprint density at radius 1 is 1.50 bits per heavy atom. The molecule has 0 fully saturated rings. The molecule has 0 unspecified atom stereocenters. The molecule has 5 heteroatoms. The molecule has 0 aliphatic rings. The molecular formula is C13H16N4O. The van der Waals surface area contributed by atoms with Crippen molar-refractivity contribution in [2.45, 2.75) is 13.3 Å². The first-order valence-electron chi connectivity index (χ1n) is 5.79. The third kappa shape index (κ3) is 2.88. The first kappa shape index (κ1) is 12.2. The molecular weight excluding hydrogens is 228 g/mol. The summed E-state index contributed by atoms with van der Waals surface area (Å²) in [5, 5.41) is 9.41. The highest BCUT2D eigenvalue weighted by Gasteiger charge is 2.09. The highest BCUT2D eigenvalue weighted by Crippen LogP contribution is 2.07. The summed E-state index contributed by atoms with van der Waals surface area (Å²) < 4.78 is 0. The molecule has 1 amide bonds. The van der Waals surface area contributed by atoms with Crippen LogP contribution in [0.25, 0.3) is 0 Å². The van der Waals surface area contributed by atoms with E-state index in [2.05, 4.69) is 15.5 Å². The van der Waals surface area contributed by atoms with E-state index in [1.54, 1.807) is 0 Å². The lowest BCUT2D eigenvalue weighted by Gasteiger charge is -2.05. The van der Waals surface area contributed by atoms with E-state index in [9.17, 15) is 4.79 Å². The molecule has 0 aliphatic carbocycles. The zero-order valence-electron chi connectivity index (χ0n) is 10.2. The number of aromatic amines is 1. The van der Waals surface area contributed by atoms with E-state index in [1.807, 2.05) is 31.2 Å². The number of nitrogens with two attached hydrogens (primary N) is 1.